The molecule has 0 fully saturated rings. The highest BCUT2D eigenvalue weighted by atomic mass is 16.3. The fourth-order valence-electron chi connectivity index (χ4n) is 1.15. The molecule has 1 rings (SSSR count). The van der Waals surface area contributed by atoms with Crippen molar-refractivity contribution in [3.63, 3.8) is 0 Å². The first-order valence-corrected chi connectivity index (χ1v) is 3.83. The molecule has 2 nitrogen and oxygen atoms in total. The second-order valence-corrected chi connectivity index (χ2v) is 2.81. The van der Waals surface area contributed by atoms with Crippen LogP contribution in [0, 0.1) is 6.92 Å². The minimum absolute atomic E-state index is 0.279. The van der Waals surface area contributed by atoms with Crippen molar-refractivity contribution < 1.29 is 5.11 Å². The van der Waals surface area contributed by atoms with Crippen molar-refractivity contribution in [2.75, 3.05) is 6.54 Å². The summed E-state index contributed by atoms with van der Waals surface area (Å²) in [7, 11) is 0. The lowest BCUT2D eigenvalue weighted by Crippen LogP contribution is -2.02. The van der Waals surface area contributed by atoms with Crippen molar-refractivity contribution in [2.45, 2.75) is 6.92 Å². The Morgan fingerprint density at radius 2 is 2.25 bits per heavy atom. The van der Waals surface area contributed by atoms with Gasteiger partial charge in [-0.1, -0.05) is 12.6 Å². The van der Waals surface area contributed by atoms with Crippen LogP contribution in [-0.4, -0.2) is 11.7 Å². The van der Waals surface area contributed by atoms with Gasteiger partial charge in [-0.25, -0.2) is 0 Å². The molecule has 0 aromatic heterocycles. The van der Waals surface area contributed by atoms with Gasteiger partial charge in [-0.2, -0.15) is 0 Å². The van der Waals surface area contributed by atoms with Crippen LogP contribution in [-0.2, 0) is 0 Å². The molecule has 0 amide bonds. The van der Waals surface area contributed by atoms with Crippen molar-refractivity contribution in [2.24, 2.45) is 5.73 Å². The number of aromatic hydroxyl groups is 1. The Kier molecular flexibility index (Phi) is 2.51. The quantitative estimate of drug-likeness (QED) is 0.696. The van der Waals surface area contributed by atoms with E-state index in [-0.39, 0.29) is 5.75 Å². The number of phenols is 1. The number of hydrogen-bond donors (Lipinski definition) is 2. The van der Waals surface area contributed by atoms with Crippen molar-refractivity contribution in [3.8, 4) is 5.75 Å². The lowest BCUT2D eigenvalue weighted by Gasteiger charge is -2.06. The lowest BCUT2D eigenvalue weighted by molar-refractivity contribution is 0.475. The SMILES string of the molecule is C=C(CN)c1ccc(O)cc1C. The summed E-state index contributed by atoms with van der Waals surface area (Å²) >= 11 is 0. The Balaban J connectivity index is 3.09. The van der Waals surface area contributed by atoms with E-state index < -0.39 is 0 Å². The average Bonchev–Trinajstić information content (AvgIpc) is 2.03. The highest BCUT2D eigenvalue weighted by molar-refractivity contribution is 5.67. The number of rotatable bonds is 2. The van der Waals surface area contributed by atoms with Gasteiger partial charge in [-0.3, -0.25) is 0 Å². The van der Waals surface area contributed by atoms with Crippen molar-refractivity contribution in [1.82, 2.24) is 0 Å². The molecule has 0 aliphatic rings. The van der Waals surface area contributed by atoms with Gasteiger partial charge in [0.1, 0.15) is 5.75 Å². The molecule has 0 saturated carbocycles. The Labute approximate surface area is 72.3 Å². The van der Waals surface area contributed by atoms with Crippen LogP contribution in [0.25, 0.3) is 5.57 Å². The van der Waals surface area contributed by atoms with Gasteiger partial charge in [0, 0.05) is 6.54 Å². The Hall–Kier alpha value is -1.28. The monoisotopic (exact) mass is 163 g/mol. The van der Waals surface area contributed by atoms with E-state index >= 15 is 0 Å². The molecule has 0 aliphatic heterocycles. The molecule has 2 heteroatoms. The molecule has 0 heterocycles. The van der Waals surface area contributed by atoms with Gasteiger partial charge >= 0.3 is 0 Å². The molecular formula is C10H13NO. The maximum atomic E-state index is 9.13. The van der Waals surface area contributed by atoms with Gasteiger partial charge in [0.05, 0.1) is 0 Å². The van der Waals surface area contributed by atoms with Crippen molar-refractivity contribution in [1.29, 1.82) is 0 Å². The topological polar surface area (TPSA) is 46.2 Å². The van der Waals surface area contributed by atoms with E-state index in [1.165, 1.54) is 0 Å². The molecule has 0 saturated heterocycles. The first-order chi connectivity index (χ1) is 5.65. The van der Waals surface area contributed by atoms with Gasteiger partial charge in [0.25, 0.3) is 0 Å². The summed E-state index contributed by atoms with van der Waals surface area (Å²) in [5.41, 5.74) is 8.37. The highest BCUT2D eigenvalue weighted by Crippen LogP contribution is 2.20. The Bertz CT molecular complexity index is 305. The van der Waals surface area contributed by atoms with Gasteiger partial charge in [-0.15, -0.1) is 0 Å². The fourth-order valence-corrected chi connectivity index (χ4v) is 1.15. The molecule has 1 aromatic rings. The molecule has 12 heavy (non-hydrogen) atoms. The molecule has 0 aliphatic carbocycles. The third kappa shape index (κ3) is 1.66. The largest absolute Gasteiger partial charge is 0.508 e. The van der Waals surface area contributed by atoms with E-state index in [1.54, 1.807) is 12.1 Å². The van der Waals surface area contributed by atoms with E-state index in [9.17, 15) is 0 Å². The number of phenolic OH excluding ortho intramolecular Hbond substituents is 1. The first kappa shape index (κ1) is 8.81. The normalized spacial score (nSPS) is 9.83. The van der Waals surface area contributed by atoms with Crippen LogP contribution >= 0.6 is 0 Å². The summed E-state index contributed by atoms with van der Waals surface area (Å²) in [6.07, 6.45) is 0. The van der Waals surface area contributed by atoms with Crippen LogP contribution < -0.4 is 5.73 Å². The number of nitrogens with two attached hydrogens (primary N) is 1. The van der Waals surface area contributed by atoms with Gasteiger partial charge in [-0.05, 0) is 35.8 Å². The predicted molar refractivity (Wildman–Crippen MR) is 50.9 cm³/mol. The molecule has 0 spiro atoms. The van der Waals surface area contributed by atoms with Gasteiger partial charge < -0.3 is 10.8 Å². The zero-order valence-corrected chi connectivity index (χ0v) is 7.17. The van der Waals surface area contributed by atoms with E-state index in [4.69, 9.17) is 10.8 Å². The maximum absolute atomic E-state index is 9.13. The van der Waals surface area contributed by atoms with Crippen LogP contribution in [0.4, 0.5) is 0 Å². The minimum atomic E-state index is 0.279. The number of aryl methyl sites for hydroxylation is 1. The third-order valence-electron chi connectivity index (χ3n) is 1.84. The van der Waals surface area contributed by atoms with E-state index in [1.807, 2.05) is 13.0 Å². The predicted octanol–water partition coefficient (Wildman–Crippen LogP) is 1.67. The smallest absolute Gasteiger partial charge is 0.115 e. The standard InChI is InChI=1S/C10H13NO/c1-7-5-9(12)3-4-10(7)8(2)6-11/h3-5,12H,2,6,11H2,1H3. The van der Waals surface area contributed by atoms with Crippen LogP contribution in [0.2, 0.25) is 0 Å². The number of hydrogen-bond acceptors (Lipinski definition) is 2. The maximum Gasteiger partial charge on any atom is 0.115 e. The van der Waals surface area contributed by atoms with E-state index in [2.05, 4.69) is 6.58 Å². The molecule has 0 radical (unpaired) electrons. The summed E-state index contributed by atoms with van der Waals surface area (Å²) in [4.78, 5) is 0. The van der Waals surface area contributed by atoms with Gasteiger partial charge in [0.2, 0.25) is 0 Å². The molecule has 1 aromatic carbocycles. The van der Waals surface area contributed by atoms with Crippen LogP contribution in [0.1, 0.15) is 11.1 Å². The molecule has 64 valence electrons. The van der Waals surface area contributed by atoms with Crippen molar-refractivity contribution >= 4 is 5.57 Å². The second kappa shape index (κ2) is 3.41. The summed E-state index contributed by atoms with van der Waals surface area (Å²) in [5.74, 6) is 0.279. The minimum Gasteiger partial charge on any atom is -0.508 e. The molecule has 0 unspecified atom stereocenters. The molecule has 3 N–H and O–H groups in total. The Morgan fingerprint density at radius 3 is 2.75 bits per heavy atom. The Morgan fingerprint density at radius 1 is 1.58 bits per heavy atom. The molecular weight excluding hydrogens is 150 g/mol. The average molecular weight is 163 g/mol. The summed E-state index contributed by atoms with van der Waals surface area (Å²) in [5, 5.41) is 9.13. The zero-order valence-electron chi connectivity index (χ0n) is 7.17. The van der Waals surface area contributed by atoms with Crippen LogP contribution in [0.3, 0.4) is 0 Å². The summed E-state index contributed by atoms with van der Waals surface area (Å²) in [6.45, 7) is 6.20. The first-order valence-electron chi connectivity index (χ1n) is 3.83. The van der Waals surface area contributed by atoms with E-state index in [0.717, 1.165) is 16.7 Å². The number of benzene rings is 1. The van der Waals surface area contributed by atoms with Crippen LogP contribution in [0.15, 0.2) is 24.8 Å². The van der Waals surface area contributed by atoms with Gasteiger partial charge in [0.15, 0.2) is 0 Å². The summed E-state index contributed by atoms with van der Waals surface area (Å²) < 4.78 is 0. The fraction of sp³-hybridized carbons (Fsp3) is 0.200. The third-order valence-corrected chi connectivity index (χ3v) is 1.84. The van der Waals surface area contributed by atoms with Crippen LogP contribution in [0.5, 0.6) is 5.75 Å². The molecule has 0 bridgehead atoms. The van der Waals surface area contributed by atoms with Crippen molar-refractivity contribution in [3.05, 3.63) is 35.9 Å². The second-order valence-electron chi connectivity index (χ2n) is 2.81. The van der Waals surface area contributed by atoms with E-state index in [0.29, 0.717) is 6.54 Å². The zero-order chi connectivity index (χ0) is 9.14. The summed E-state index contributed by atoms with van der Waals surface area (Å²) in [6, 6.07) is 5.18. The highest BCUT2D eigenvalue weighted by Gasteiger charge is 2.01. The molecule has 0 atom stereocenters. The lowest BCUT2D eigenvalue weighted by atomic mass is 10.0.